The number of amides is 1. The SMILES string of the molecule is CCCOc1c(C(=O)NC(C)C2CC3CCCC(C3)C2)cnn1CCN1CCNCC1. The number of aromatic nitrogens is 2. The van der Waals surface area contributed by atoms with Crippen molar-refractivity contribution in [3.05, 3.63) is 11.8 Å². The van der Waals surface area contributed by atoms with Crippen LogP contribution in [0.25, 0.3) is 0 Å². The molecule has 2 saturated carbocycles. The predicted molar refractivity (Wildman–Crippen MR) is 122 cm³/mol. The average molecular weight is 432 g/mol. The Hall–Kier alpha value is -1.60. The standard InChI is InChI=1S/C24H41N5O2/c1-3-13-31-24-22(17-26-29(24)12-11-28-9-7-25-8-10-28)23(30)27-18(2)21-15-19-5-4-6-20(14-19)16-21/h17-21,25H,3-16H2,1-2H3,(H,27,30). The van der Waals surface area contributed by atoms with E-state index in [1.807, 2.05) is 4.68 Å². The molecule has 174 valence electrons. The van der Waals surface area contributed by atoms with Gasteiger partial charge in [0.2, 0.25) is 5.88 Å². The van der Waals surface area contributed by atoms with Crippen LogP contribution in [-0.2, 0) is 6.54 Å². The highest BCUT2D eigenvalue weighted by Gasteiger charge is 2.35. The average Bonchev–Trinajstić information content (AvgIpc) is 3.19. The summed E-state index contributed by atoms with van der Waals surface area (Å²) in [7, 11) is 0. The van der Waals surface area contributed by atoms with Crippen LogP contribution in [0.2, 0.25) is 0 Å². The molecular weight excluding hydrogens is 390 g/mol. The first-order valence-electron chi connectivity index (χ1n) is 12.6. The number of piperazine rings is 1. The molecule has 1 saturated heterocycles. The van der Waals surface area contributed by atoms with E-state index in [2.05, 4.69) is 34.5 Å². The fourth-order valence-electron chi connectivity index (χ4n) is 5.80. The van der Waals surface area contributed by atoms with Crippen molar-refractivity contribution in [2.75, 3.05) is 39.3 Å². The molecule has 0 radical (unpaired) electrons. The van der Waals surface area contributed by atoms with E-state index in [4.69, 9.17) is 4.74 Å². The number of hydrogen-bond donors (Lipinski definition) is 2. The fourth-order valence-corrected chi connectivity index (χ4v) is 5.80. The van der Waals surface area contributed by atoms with Crippen molar-refractivity contribution in [2.24, 2.45) is 17.8 Å². The van der Waals surface area contributed by atoms with E-state index in [9.17, 15) is 4.79 Å². The van der Waals surface area contributed by atoms with Gasteiger partial charge >= 0.3 is 0 Å². The zero-order valence-electron chi connectivity index (χ0n) is 19.4. The maximum absolute atomic E-state index is 13.2. The Morgan fingerprint density at radius 1 is 1.23 bits per heavy atom. The topological polar surface area (TPSA) is 71.4 Å². The van der Waals surface area contributed by atoms with Crippen LogP contribution in [0.5, 0.6) is 5.88 Å². The van der Waals surface area contributed by atoms with E-state index in [0.717, 1.165) is 57.5 Å². The van der Waals surface area contributed by atoms with E-state index >= 15 is 0 Å². The van der Waals surface area contributed by atoms with Gasteiger partial charge in [-0.1, -0.05) is 26.2 Å². The smallest absolute Gasteiger partial charge is 0.258 e. The summed E-state index contributed by atoms with van der Waals surface area (Å²) in [6.45, 7) is 10.7. The third-order valence-corrected chi connectivity index (χ3v) is 7.55. The van der Waals surface area contributed by atoms with E-state index in [-0.39, 0.29) is 11.9 Å². The van der Waals surface area contributed by atoms with Crippen LogP contribution in [0, 0.1) is 17.8 Å². The van der Waals surface area contributed by atoms with Gasteiger partial charge in [-0.3, -0.25) is 9.69 Å². The van der Waals surface area contributed by atoms with Gasteiger partial charge in [0.1, 0.15) is 5.56 Å². The van der Waals surface area contributed by atoms with Crippen molar-refractivity contribution in [1.29, 1.82) is 0 Å². The minimum absolute atomic E-state index is 0.0391. The Morgan fingerprint density at radius 2 is 1.97 bits per heavy atom. The van der Waals surface area contributed by atoms with Crippen molar-refractivity contribution in [3.63, 3.8) is 0 Å². The van der Waals surface area contributed by atoms with Gasteiger partial charge in [0.05, 0.1) is 19.3 Å². The molecule has 7 nitrogen and oxygen atoms in total. The molecule has 4 rings (SSSR count). The van der Waals surface area contributed by atoms with Gasteiger partial charge in [-0.25, -0.2) is 4.68 Å². The van der Waals surface area contributed by atoms with Crippen molar-refractivity contribution in [1.82, 2.24) is 25.3 Å². The Kier molecular flexibility index (Phi) is 7.88. The van der Waals surface area contributed by atoms with Gasteiger partial charge in [0.15, 0.2) is 0 Å². The maximum atomic E-state index is 13.2. The molecule has 2 N–H and O–H groups in total. The molecule has 0 aromatic carbocycles. The number of carbonyl (C=O) groups is 1. The van der Waals surface area contributed by atoms with Crippen LogP contribution in [0.4, 0.5) is 0 Å². The van der Waals surface area contributed by atoms with Crippen LogP contribution < -0.4 is 15.4 Å². The molecule has 2 aliphatic carbocycles. The Bertz CT molecular complexity index is 703. The maximum Gasteiger partial charge on any atom is 0.258 e. The molecule has 0 spiro atoms. The lowest BCUT2D eigenvalue weighted by atomic mass is 9.66. The van der Waals surface area contributed by atoms with Crippen molar-refractivity contribution in [3.8, 4) is 5.88 Å². The van der Waals surface area contributed by atoms with E-state index < -0.39 is 0 Å². The first-order chi connectivity index (χ1) is 15.1. The summed E-state index contributed by atoms with van der Waals surface area (Å²) in [4.78, 5) is 15.6. The van der Waals surface area contributed by atoms with Crippen molar-refractivity contribution in [2.45, 2.75) is 71.4 Å². The molecule has 1 amide bonds. The number of ether oxygens (including phenoxy) is 1. The normalized spacial score (nSPS) is 27.6. The number of nitrogens with zero attached hydrogens (tertiary/aromatic N) is 3. The third kappa shape index (κ3) is 5.80. The highest BCUT2D eigenvalue weighted by Crippen LogP contribution is 2.43. The second-order valence-corrected chi connectivity index (χ2v) is 9.92. The van der Waals surface area contributed by atoms with Crippen LogP contribution in [0.3, 0.4) is 0 Å². The van der Waals surface area contributed by atoms with Gasteiger partial charge in [0, 0.05) is 38.8 Å². The largest absolute Gasteiger partial charge is 0.477 e. The Balaban J connectivity index is 1.38. The number of fused-ring (bicyclic) bond motifs is 2. The second-order valence-electron chi connectivity index (χ2n) is 9.92. The zero-order chi connectivity index (χ0) is 21.6. The van der Waals surface area contributed by atoms with Crippen LogP contribution in [0.1, 0.15) is 69.2 Å². The molecule has 1 aromatic heterocycles. The van der Waals surface area contributed by atoms with Gasteiger partial charge < -0.3 is 15.4 Å². The van der Waals surface area contributed by atoms with Crippen LogP contribution >= 0.6 is 0 Å². The molecule has 3 atom stereocenters. The molecular formula is C24H41N5O2. The fraction of sp³-hybridized carbons (Fsp3) is 0.833. The lowest BCUT2D eigenvalue weighted by Crippen LogP contribution is -2.44. The summed E-state index contributed by atoms with van der Waals surface area (Å²) in [6, 6.07) is 0.194. The Labute approximate surface area is 187 Å². The van der Waals surface area contributed by atoms with E-state index in [0.29, 0.717) is 24.0 Å². The van der Waals surface area contributed by atoms with Gasteiger partial charge in [-0.15, -0.1) is 0 Å². The Morgan fingerprint density at radius 3 is 2.68 bits per heavy atom. The minimum atomic E-state index is -0.0391. The lowest BCUT2D eigenvalue weighted by molar-refractivity contribution is 0.0850. The van der Waals surface area contributed by atoms with Crippen LogP contribution in [0.15, 0.2) is 6.20 Å². The summed E-state index contributed by atoms with van der Waals surface area (Å²) in [5, 5.41) is 11.2. The van der Waals surface area contributed by atoms with Crippen LogP contribution in [-0.4, -0.2) is 66.0 Å². The highest BCUT2D eigenvalue weighted by molar-refractivity contribution is 5.96. The first-order valence-corrected chi connectivity index (χ1v) is 12.6. The summed E-state index contributed by atoms with van der Waals surface area (Å²) in [5.41, 5.74) is 0.580. The van der Waals surface area contributed by atoms with Crippen molar-refractivity contribution < 1.29 is 9.53 Å². The lowest BCUT2D eigenvalue weighted by Gasteiger charge is -2.41. The molecule has 1 aromatic rings. The second kappa shape index (κ2) is 10.8. The molecule has 2 heterocycles. The quantitative estimate of drug-likeness (QED) is 0.629. The zero-order valence-corrected chi connectivity index (χ0v) is 19.4. The molecule has 1 aliphatic heterocycles. The number of nitrogens with one attached hydrogen (secondary N) is 2. The molecule has 7 heteroatoms. The van der Waals surface area contributed by atoms with Gasteiger partial charge in [-0.2, -0.15) is 5.10 Å². The van der Waals surface area contributed by atoms with Gasteiger partial charge in [-0.05, 0) is 50.4 Å². The third-order valence-electron chi connectivity index (χ3n) is 7.55. The first kappa shape index (κ1) is 22.6. The summed E-state index contributed by atoms with van der Waals surface area (Å²) < 4.78 is 7.89. The number of carbonyl (C=O) groups excluding carboxylic acids is 1. The molecule has 31 heavy (non-hydrogen) atoms. The predicted octanol–water partition coefficient (Wildman–Crippen LogP) is 2.91. The molecule has 3 aliphatic rings. The summed E-state index contributed by atoms with van der Waals surface area (Å²) in [5.74, 6) is 2.92. The van der Waals surface area contributed by atoms with E-state index in [1.165, 1.54) is 38.5 Å². The number of rotatable bonds is 9. The monoisotopic (exact) mass is 431 g/mol. The highest BCUT2D eigenvalue weighted by atomic mass is 16.5. The molecule has 2 bridgehead atoms. The van der Waals surface area contributed by atoms with E-state index in [1.54, 1.807) is 6.20 Å². The molecule has 3 unspecified atom stereocenters. The summed E-state index contributed by atoms with van der Waals surface area (Å²) >= 11 is 0. The minimum Gasteiger partial charge on any atom is -0.477 e. The molecule has 3 fully saturated rings. The summed E-state index contributed by atoms with van der Waals surface area (Å²) in [6.07, 6.45) is 10.7. The number of hydrogen-bond acceptors (Lipinski definition) is 5. The van der Waals surface area contributed by atoms with Gasteiger partial charge in [0.25, 0.3) is 5.91 Å². The van der Waals surface area contributed by atoms with Crippen molar-refractivity contribution >= 4 is 5.91 Å².